The number of methoxy groups -OCH3 is 1. The Morgan fingerprint density at radius 3 is 2.39 bits per heavy atom. The maximum absolute atomic E-state index is 13.2. The summed E-state index contributed by atoms with van der Waals surface area (Å²) in [7, 11) is 1.17. The van der Waals surface area contributed by atoms with Gasteiger partial charge >= 0.3 is 11.9 Å². The van der Waals surface area contributed by atoms with Crippen LogP contribution >= 0.6 is 0 Å². The summed E-state index contributed by atoms with van der Waals surface area (Å²) in [4.78, 5) is 36.4. The number of halogens is 1. The first-order valence-electron chi connectivity index (χ1n) is 8.67. The van der Waals surface area contributed by atoms with Crippen LogP contribution in [0.4, 0.5) is 10.1 Å². The summed E-state index contributed by atoms with van der Waals surface area (Å²) in [5, 5.41) is 2.99. The molecule has 2 rings (SSSR count). The molecule has 2 aromatic rings. The summed E-state index contributed by atoms with van der Waals surface area (Å²) in [6.45, 7) is 5.57. The van der Waals surface area contributed by atoms with Gasteiger partial charge in [0.1, 0.15) is 17.0 Å². The van der Waals surface area contributed by atoms with Crippen molar-refractivity contribution in [3.63, 3.8) is 0 Å². The number of hydrogen-bond donors (Lipinski definition) is 1. The van der Waals surface area contributed by atoms with Gasteiger partial charge in [-0.3, -0.25) is 14.2 Å². The van der Waals surface area contributed by atoms with Crippen molar-refractivity contribution in [1.82, 2.24) is 4.57 Å². The molecule has 7 nitrogen and oxygen atoms in total. The highest BCUT2D eigenvalue weighted by Crippen LogP contribution is 2.14. The molecule has 0 spiro atoms. The average molecular weight is 390 g/mol. The highest BCUT2D eigenvalue weighted by molar-refractivity contribution is 5.90. The lowest BCUT2D eigenvalue weighted by Crippen LogP contribution is -2.27. The topological polar surface area (TPSA) is 86.6 Å². The molecule has 0 bridgehead atoms. The number of esters is 2. The zero-order valence-electron chi connectivity index (χ0n) is 16.2. The molecule has 28 heavy (non-hydrogen) atoms. The predicted molar refractivity (Wildman–Crippen MR) is 102 cm³/mol. The van der Waals surface area contributed by atoms with Crippen molar-refractivity contribution in [1.29, 1.82) is 0 Å². The molecule has 1 aromatic carbocycles. The van der Waals surface area contributed by atoms with Gasteiger partial charge in [0, 0.05) is 18.4 Å². The lowest BCUT2D eigenvalue weighted by atomic mass is 10.2. The Labute approximate surface area is 162 Å². The van der Waals surface area contributed by atoms with Gasteiger partial charge < -0.3 is 14.8 Å². The summed E-state index contributed by atoms with van der Waals surface area (Å²) < 4.78 is 24.3. The van der Waals surface area contributed by atoms with Gasteiger partial charge in [-0.15, -0.1) is 0 Å². The van der Waals surface area contributed by atoms with E-state index in [2.05, 4.69) is 10.1 Å². The third-order valence-electron chi connectivity index (χ3n) is 3.61. The summed E-state index contributed by atoms with van der Waals surface area (Å²) in [6, 6.07) is 6.61. The lowest BCUT2D eigenvalue weighted by molar-refractivity contribution is -0.154. The minimum Gasteiger partial charge on any atom is -0.465 e. The number of anilines is 1. The molecule has 0 aliphatic rings. The highest BCUT2D eigenvalue weighted by Gasteiger charge is 2.18. The van der Waals surface area contributed by atoms with E-state index < -0.39 is 22.9 Å². The molecule has 0 saturated heterocycles. The molecule has 1 N–H and O–H groups in total. The van der Waals surface area contributed by atoms with Gasteiger partial charge in [-0.2, -0.15) is 0 Å². The molecular weight excluding hydrogens is 367 g/mol. The first kappa shape index (κ1) is 21.1. The Bertz CT molecular complexity index is 914. The minimum absolute atomic E-state index is 0.0977. The van der Waals surface area contributed by atoms with E-state index in [0.717, 1.165) is 0 Å². The van der Waals surface area contributed by atoms with Crippen LogP contribution in [-0.2, 0) is 14.3 Å². The van der Waals surface area contributed by atoms with Crippen LogP contribution in [0.15, 0.2) is 41.3 Å². The van der Waals surface area contributed by atoms with E-state index in [4.69, 9.17) is 4.74 Å². The van der Waals surface area contributed by atoms with Crippen molar-refractivity contribution >= 4 is 17.6 Å². The van der Waals surface area contributed by atoms with Crippen molar-refractivity contribution < 1.29 is 23.5 Å². The van der Waals surface area contributed by atoms with Crippen LogP contribution in [0.1, 0.15) is 37.6 Å². The third-order valence-corrected chi connectivity index (χ3v) is 3.61. The Morgan fingerprint density at radius 1 is 1.18 bits per heavy atom. The Hall–Kier alpha value is -3.16. The van der Waals surface area contributed by atoms with Crippen LogP contribution in [0, 0.1) is 5.82 Å². The van der Waals surface area contributed by atoms with Gasteiger partial charge in [0.2, 0.25) is 0 Å². The molecule has 150 valence electrons. The Morgan fingerprint density at radius 2 is 1.82 bits per heavy atom. The number of nitrogens with zero attached hydrogens (tertiary/aromatic N) is 1. The van der Waals surface area contributed by atoms with E-state index in [1.165, 1.54) is 48.2 Å². The quantitative estimate of drug-likeness (QED) is 0.764. The maximum atomic E-state index is 13.2. The molecule has 1 aromatic heterocycles. The second-order valence-corrected chi connectivity index (χ2v) is 7.05. The number of pyridine rings is 1. The molecule has 1 heterocycles. The van der Waals surface area contributed by atoms with Gasteiger partial charge in [-0.05, 0) is 51.1 Å². The zero-order chi connectivity index (χ0) is 20.9. The second kappa shape index (κ2) is 8.69. The first-order valence-corrected chi connectivity index (χ1v) is 8.67. The molecule has 0 aliphatic heterocycles. The predicted octanol–water partition coefficient (Wildman–Crippen LogP) is 2.91. The molecular formula is C20H23FN2O5. The lowest BCUT2D eigenvalue weighted by Gasteiger charge is -2.19. The van der Waals surface area contributed by atoms with Crippen LogP contribution in [0.25, 0.3) is 5.69 Å². The molecule has 0 atom stereocenters. The number of carbonyl (C=O) groups is 2. The summed E-state index contributed by atoms with van der Waals surface area (Å²) in [6.07, 6.45) is 1.57. The number of nitrogens with one attached hydrogen (secondary N) is 1. The van der Waals surface area contributed by atoms with Crippen LogP contribution < -0.4 is 10.9 Å². The average Bonchev–Trinajstić information content (AvgIpc) is 2.61. The SMILES string of the molecule is COC(=O)c1cc(NCCC(=O)OC(C)(C)C)cn(-c2ccc(F)cc2)c1=O. The van der Waals surface area contributed by atoms with Crippen LogP contribution in [0.5, 0.6) is 0 Å². The fourth-order valence-corrected chi connectivity index (χ4v) is 2.43. The zero-order valence-corrected chi connectivity index (χ0v) is 16.2. The minimum atomic E-state index is -0.795. The van der Waals surface area contributed by atoms with E-state index in [1.807, 2.05) is 0 Å². The largest absolute Gasteiger partial charge is 0.465 e. The maximum Gasteiger partial charge on any atom is 0.343 e. The Balaban J connectivity index is 2.28. The van der Waals surface area contributed by atoms with Crippen LogP contribution in [0.3, 0.4) is 0 Å². The van der Waals surface area contributed by atoms with Gasteiger partial charge in [-0.25, -0.2) is 9.18 Å². The third kappa shape index (κ3) is 5.67. The molecule has 0 saturated carbocycles. The number of rotatable bonds is 6. The molecule has 8 heteroatoms. The Kier molecular flexibility index (Phi) is 6.56. The van der Waals surface area contributed by atoms with Gasteiger partial charge in [-0.1, -0.05) is 0 Å². The normalized spacial score (nSPS) is 11.0. The second-order valence-electron chi connectivity index (χ2n) is 7.05. The summed E-state index contributed by atoms with van der Waals surface area (Å²) >= 11 is 0. The number of carbonyl (C=O) groups excluding carboxylic acids is 2. The van der Waals surface area contributed by atoms with Crippen molar-refractivity contribution in [2.24, 2.45) is 0 Å². The highest BCUT2D eigenvalue weighted by atomic mass is 19.1. The van der Waals surface area contributed by atoms with E-state index in [1.54, 1.807) is 20.8 Å². The van der Waals surface area contributed by atoms with Gasteiger partial charge in [0.25, 0.3) is 5.56 Å². The van der Waals surface area contributed by atoms with Crippen molar-refractivity contribution in [3.05, 3.63) is 58.3 Å². The van der Waals surface area contributed by atoms with Crippen molar-refractivity contribution in [3.8, 4) is 5.69 Å². The molecule has 0 fully saturated rings. The molecule has 0 amide bonds. The van der Waals surface area contributed by atoms with E-state index in [9.17, 15) is 18.8 Å². The van der Waals surface area contributed by atoms with Crippen molar-refractivity contribution in [2.75, 3.05) is 19.0 Å². The van der Waals surface area contributed by atoms with Gasteiger partial charge in [0.15, 0.2) is 0 Å². The summed E-state index contributed by atoms with van der Waals surface area (Å²) in [5.74, 6) is -1.62. The molecule has 0 radical (unpaired) electrons. The number of hydrogen-bond acceptors (Lipinski definition) is 6. The van der Waals surface area contributed by atoms with Crippen molar-refractivity contribution in [2.45, 2.75) is 32.8 Å². The fraction of sp³-hybridized carbons (Fsp3) is 0.350. The van der Waals surface area contributed by atoms with E-state index in [0.29, 0.717) is 11.4 Å². The number of aromatic nitrogens is 1. The summed E-state index contributed by atoms with van der Waals surface area (Å²) in [5.41, 5.74) is -0.559. The first-order chi connectivity index (χ1) is 13.1. The molecule has 0 aliphatic carbocycles. The van der Waals surface area contributed by atoms with Gasteiger partial charge in [0.05, 0.1) is 19.2 Å². The van der Waals surface area contributed by atoms with E-state index in [-0.39, 0.29) is 24.5 Å². The van der Waals surface area contributed by atoms with Crippen LogP contribution in [0.2, 0.25) is 0 Å². The number of ether oxygens (including phenoxy) is 2. The smallest absolute Gasteiger partial charge is 0.343 e. The fourth-order valence-electron chi connectivity index (χ4n) is 2.43. The van der Waals surface area contributed by atoms with E-state index >= 15 is 0 Å². The monoisotopic (exact) mass is 390 g/mol. The standard InChI is InChI=1S/C20H23FN2O5/c1-20(2,3)28-17(24)9-10-22-14-11-16(19(26)27-4)18(25)23(12-14)15-7-5-13(21)6-8-15/h5-8,11-12,22H,9-10H2,1-4H3. The number of benzene rings is 1. The molecule has 0 unspecified atom stereocenters. The van der Waals surface area contributed by atoms with Crippen LogP contribution in [-0.4, -0.2) is 35.8 Å².